The first-order valence-corrected chi connectivity index (χ1v) is 21.7. The van der Waals surface area contributed by atoms with Gasteiger partial charge in [-0.25, -0.2) is 13.1 Å². The van der Waals surface area contributed by atoms with Crippen LogP contribution in [-0.2, 0) is 37.3 Å². The van der Waals surface area contributed by atoms with Gasteiger partial charge in [-0.3, -0.25) is 14.6 Å². The first-order chi connectivity index (χ1) is 26.0. The zero-order valence-electron chi connectivity index (χ0n) is 32.0. The van der Waals surface area contributed by atoms with Crippen LogP contribution < -0.4 is 14.4 Å². The molecule has 5 atom stereocenters. The highest BCUT2D eigenvalue weighted by Gasteiger charge is 2.48. The number of amides is 1. The molecular formula is C41H57ClN4O7S. The van der Waals surface area contributed by atoms with Gasteiger partial charge in [-0.05, 0) is 105 Å². The number of fused-ring (bicyclic) bond motifs is 3. The fourth-order valence-electron chi connectivity index (χ4n) is 8.83. The topological polar surface area (TPSA) is 110 Å². The third-order valence-electron chi connectivity index (χ3n) is 12.6. The number of allylic oxidation sites excluding steroid dienone is 1. The molecule has 2 saturated heterocycles. The van der Waals surface area contributed by atoms with Crippen LogP contribution in [0.5, 0.6) is 5.75 Å². The molecule has 0 aromatic heterocycles. The van der Waals surface area contributed by atoms with E-state index in [0.29, 0.717) is 48.5 Å². The molecule has 5 aliphatic rings. The molecule has 7 rings (SSSR count). The predicted molar refractivity (Wildman–Crippen MR) is 211 cm³/mol. The van der Waals surface area contributed by atoms with Gasteiger partial charge < -0.3 is 23.8 Å². The summed E-state index contributed by atoms with van der Waals surface area (Å²) >= 11 is 6.41. The molecule has 1 aliphatic carbocycles. The van der Waals surface area contributed by atoms with E-state index in [1.807, 2.05) is 44.4 Å². The number of hydrogen-bond acceptors (Lipinski definition) is 10. The van der Waals surface area contributed by atoms with Crippen molar-refractivity contribution in [3.8, 4) is 5.75 Å². The summed E-state index contributed by atoms with van der Waals surface area (Å²) in [5.74, 6) is 0.395. The number of carbonyl (C=O) groups is 1. The molecule has 54 heavy (non-hydrogen) atoms. The summed E-state index contributed by atoms with van der Waals surface area (Å²) in [6.45, 7) is 12.1. The maximum Gasteiger partial charge on any atom is 0.264 e. The molecule has 296 valence electrons. The van der Waals surface area contributed by atoms with Crippen LogP contribution >= 0.6 is 11.6 Å². The van der Waals surface area contributed by atoms with E-state index >= 15 is 0 Å². The second-order valence-corrected chi connectivity index (χ2v) is 18.4. The minimum absolute atomic E-state index is 0.142. The number of benzene rings is 2. The van der Waals surface area contributed by atoms with Crippen molar-refractivity contribution < 1.29 is 32.2 Å². The Hall–Kier alpha value is -2.71. The van der Waals surface area contributed by atoms with Gasteiger partial charge in [0.1, 0.15) is 18.0 Å². The van der Waals surface area contributed by atoms with E-state index < -0.39 is 26.8 Å². The molecule has 11 nitrogen and oxygen atoms in total. The van der Waals surface area contributed by atoms with Crippen molar-refractivity contribution in [2.24, 2.45) is 17.8 Å². The van der Waals surface area contributed by atoms with Crippen molar-refractivity contribution in [2.75, 3.05) is 77.6 Å². The Bertz CT molecular complexity index is 1760. The third kappa shape index (κ3) is 8.96. The molecule has 1 amide bonds. The maximum atomic E-state index is 13.6. The Kier molecular flexibility index (Phi) is 12.6. The zero-order valence-corrected chi connectivity index (χ0v) is 33.6. The number of piperazine rings is 1. The van der Waals surface area contributed by atoms with Gasteiger partial charge in [0.2, 0.25) is 10.0 Å². The molecule has 1 N–H and O–H groups in total. The average molecular weight is 785 g/mol. The molecule has 1 saturated carbocycles. The highest BCUT2D eigenvalue weighted by molar-refractivity contribution is 7.90. The molecule has 2 bridgehead atoms. The van der Waals surface area contributed by atoms with Gasteiger partial charge in [0, 0.05) is 70.1 Å². The minimum atomic E-state index is -3.97. The number of aryl methyl sites for hydroxylation is 1. The molecule has 13 heteroatoms. The largest absolute Gasteiger partial charge is 0.487 e. The SMILES string of the molecule is CO[C@@]1(CN2CCN(CC3OCCO3)CC2)/C=C/C[C@H](C)[C@@H](C)S(=O)(=O)NC(=O)c2ccc3c(c2)N(CCCCc2cc(Cl)ccc2CO3)C[C@@H]2CC[C@@H]21. The molecule has 0 radical (unpaired) electrons. The molecule has 3 fully saturated rings. The second kappa shape index (κ2) is 17.2. The molecular weight excluding hydrogens is 728 g/mol. The Balaban J connectivity index is 1.20. The van der Waals surface area contributed by atoms with Crippen LogP contribution in [0.25, 0.3) is 0 Å². The lowest BCUT2D eigenvalue weighted by Gasteiger charge is -2.52. The summed E-state index contributed by atoms with van der Waals surface area (Å²) in [5, 5.41) is -0.0761. The smallest absolute Gasteiger partial charge is 0.264 e. The van der Waals surface area contributed by atoms with Crippen LogP contribution in [-0.4, -0.2) is 114 Å². The van der Waals surface area contributed by atoms with E-state index in [9.17, 15) is 13.2 Å². The summed E-state index contributed by atoms with van der Waals surface area (Å²) in [4.78, 5) is 20.9. The number of nitrogens with zero attached hydrogens (tertiary/aromatic N) is 3. The number of carbonyl (C=O) groups excluding carboxylic acids is 1. The van der Waals surface area contributed by atoms with Crippen molar-refractivity contribution in [1.82, 2.24) is 14.5 Å². The number of methoxy groups -OCH3 is 1. The zero-order chi connectivity index (χ0) is 37.9. The van der Waals surface area contributed by atoms with E-state index in [0.717, 1.165) is 95.7 Å². The quantitative estimate of drug-likeness (QED) is 0.391. The maximum absolute atomic E-state index is 13.6. The first-order valence-electron chi connectivity index (χ1n) is 19.8. The van der Waals surface area contributed by atoms with Gasteiger partial charge >= 0.3 is 0 Å². The number of nitrogens with one attached hydrogen (secondary N) is 1. The molecule has 2 aromatic carbocycles. The van der Waals surface area contributed by atoms with Crippen LogP contribution in [0, 0.1) is 17.8 Å². The van der Waals surface area contributed by atoms with Gasteiger partial charge in [-0.1, -0.05) is 36.7 Å². The molecule has 2 aromatic rings. The summed E-state index contributed by atoms with van der Waals surface area (Å²) < 4.78 is 54.3. The Morgan fingerprint density at radius 1 is 0.963 bits per heavy atom. The number of rotatable bonds is 5. The Morgan fingerprint density at radius 3 is 2.48 bits per heavy atom. The van der Waals surface area contributed by atoms with Crippen LogP contribution in [0.3, 0.4) is 0 Å². The van der Waals surface area contributed by atoms with E-state index in [-0.39, 0.29) is 18.1 Å². The lowest BCUT2D eigenvalue weighted by atomic mass is 9.63. The van der Waals surface area contributed by atoms with Crippen LogP contribution in [0.1, 0.15) is 67.4 Å². The molecule has 4 heterocycles. The number of ether oxygens (including phenoxy) is 4. The fraction of sp³-hybridized carbons (Fsp3) is 0.634. The number of sulfonamides is 1. The van der Waals surface area contributed by atoms with Gasteiger partial charge in [0.05, 0.1) is 24.2 Å². The van der Waals surface area contributed by atoms with Gasteiger partial charge in [0.15, 0.2) is 6.29 Å². The summed E-state index contributed by atoms with van der Waals surface area (Å²) in [6, 6.07) is 11.3. The summed E-state index contributed by atoms with van der Waals surface area (Å²) in [5.41, 5.74) is 2.82. The molecule has 0 unspecified atom stereocenters. The van der Waals surface area contributed by atoms with Gasteiger partial charge in [-0.2, -0.15) is 0 Å². The van der Waals surface area contributed by atoms with Crippen molar-refractivity contribution in [3.05, 3.63) is 70.3 Å². The number of hydrogen-bond donors (Lipinski definition) is 1. The monoisotopic (exact) mass is 784 g/mol. The average Bonchev–Trinajstić information content (AvgIpc) is 3.65. The van der Waals surface area contributed by atoms with Crippen LogP contribution in [0.15, 0.2) is 48.6 Å². The normalized spacial score (nSPS) is 30.9. The lowest BCUT2D eigenvalue weighted by molar-refractivity contribution is -0.100. The number of halogens is 1. The van der Waals surface area contributed by atoms with E-state index in [1.54, 1.807) is 13.0 Å². The Labute approximate surface area is 326 Å². The summed E-state index contributed by atoms with van der Waals surface area (Å²) in [6.07, 6.45) is 9.67. The third-order valence-corrected chi connectivity index (χ3v) is 14.7. The minimum Gasteiger partial charge on any atom is -0.487 e. The van der Waals surface area contributed by atoms with Crippen molar-refractivity contribution in [1.29, 1.82) is 0 Å². The van der Waals surface area contributed by atoms with Gasteiger partial charge in [0.25, 0.3) is 5.91 Å². The van der Waals surface area contributed by atoms with Crippen molar-refractivity contribution in [2.45, 2.75) is 76.1 Å². The van der Waals surface area contributed by atoms with E-state index in [1.165, 1.54) is 5.56 Å². The van der Waals surface area contributed by atoms with Crippen molar-refractivity contribution in [3.63, 3.8) is 0 Å². The predicted octanol–water partition coefficient (Wildman–Crippen LogP) is 5.51. The van der Waals surface area contributed by atoms with Gasteiger partial charge in [-0.15, -0.1) is 0 Å². The highest BCUT2D eigenvalue weighted by atomic mass is 35.5. The second-order valence-electron chi connectivity index (χ2n) is 15.9. The Morgan fingerprint density at radius 2 is 1.74 bits per heavy atom. The van der Waals surface area contributed by atoms with Crippen LogP contribution in [0.2, 0.25) is 5.02 Å². The number of anilines is 1. The van der Waals surface area contributed by atoms with E-state index in [4.69, 9.17) is 30.5 Å². The fourth-order valence-corrected chi connectivity index (χ4v) is 10.3. The lowest BCUT2D eigenvalue weighted by Crippen LogP contribution is -2.59. The van der Waals surface area contributed by atoms with Crippen molar-refractivity contribution >= 4 is 33.2 Å². The highest BCUT2D eigenvalue weighted by Crippen LogP contribution is 2.47. The van der Waals surface area contributed by atoms with E-state index in [2.05, 4.69) is 31.6 Å². The standard InChI is InChI=1S/C41H57ClN4O7S/c1-29-7-6-15-41(50-3,28-45-19-17-44(18-20-45)26-39-51-21-22-52-39)36-13-10-33(36)25-46-16-5-4-8-31-23-35(42)12-9-34(31)27-53-38-14-11-32(24-37(38)46)40(47)43-54(48,49)30(29)2/h6,9,11-12,14-15,23-24,29-30,33,36,39H,4-5,7-8,10,13,16-22,25-28H2,1-3H3,(H,43,47)/b15-6+/t29-,30+,33-,36-,41+/m0/s1. The van der Waals surface area contributed by atoms with Crippen LogP contribution in [0.4, 0.5) is 5.69 Å². The molecule has 0 spiro atoms. The summed E-state index contributed by atoms with van der Waals surface area (Å²) in [7, 11) is -2.13. The molecule has 4 aliphatic heterocycles. The first kappa shape index (κ1) is 39.5.